The third kappa shape index (κ3) is 3.29. The van der Waals surface area contributed by atoms with Crippen LogP contribution in [0.4, 0.5) is 0 Å². The Bertz CT molecular complexity index is 131. The van der Waals surface area contributed by atoms with Crippen LogP contribution in [0, 0.1) is 6.42 Å². The van der Waals surface area contributed by atoms with Crippen LogP contribution in [-0.2, 0) is 0 Å². The van der Waals surface area contributed by atoms with Gasteiger partial charge in [-0.2, -0.15) is 0 Å². The van der Waals surface area contributed by atoms with Crippen LogP contribution in [0.15, 0.2) is 36.5 Å². The first kappa shape index (κ1) is 7.33. The van der Waals surface area contributed by atoms with Crippen LogP contribution in [-0.4, -0.2) is 0 Å². The minimum Gasteiger partial charge on any atom is -0.0879 e. The number of hydrogen-bond acceptors (Lipinski definition) is 0. The van der Waals surface area contributed by atoms with Crippen LogP contribution >= 0.6 is 0 Å². The maximum absolute atomic E-state index is 2.21. The average molecular weight is 133 g/mol. The fourth-order valence-electron chi connectivity index (χ4n) is 0.874. The van der Waals surface area contributed by atoms with E-state index in [9.17, 15) is 0 Å². The molecule has 0 unspecified atom stereocenters. The zero-order chi connectivity index (χ0) is 7.07. The van der Waals surface area contributed by atoms with E-state index in [4.69, 9.17) is 0 Å². The second-order valence-electron chi connectivity index (χ2n) is 2.33. The van der Waals surface area contributed by atoms with Crippen molar-refractivity contribution in [1.29, 1.82) is 0 Å². The SMILES string of the molecule is [CH]1C=CCCC=CC=CC1. The molecule has 1 aliphatic rings. The Morgan fingerprint density at radius 2 is 1.40 bits per heavy atom. The molecule has 10 heavy (non-hydrogen) atoms. The predicted molar refractivity (Wildman–Crippen MR) is 45.6 cm³/mol. The Balaban J connectivity index is 2.38. The number of hydrogen-bond donors (Lipinski definition) is 0. The number of rotatable bonds is 0. The lowest BCUT2D eigenvalue weighted by Gasteiger charge is -1.89. The molecule has 0 aliphatic heterocycles. The standard InChI is InChI=1S/C10H13/c1-2-4-6-8-10-9-7-5-3-1/h1-4,7,9-10H,5-6,8H2. The van der Waals surface area contributed by atoms with Crippen LogP contribution in [0.3, 0.4) is 0 Å². The molecule has 0 atom stereocenters. The van der Waals surface area contributed by atoms with E-state index in [1.165, 1.54) is 6.42 Å². The van der Waals surface area contributed by atoms with Gasteiger partial charge in [0.2, 0.25) is 0 Å². The summed E-state index contributed by atoms with van der Waals surface area (Å²) in [6, 6.07) is 0. The summed E-state index contributed by atoms with van der Waals surface area (Å²) in [5.41, 5.74) is 0. The fourth-order valence-corrected chi connectivity index (χ4v) is 0.874. The normalized spacial score (nSPS) is 19.2. The first-order valence-corrected chi connectivity index (χ1v) is 3.80. The first-order valence-electron chi connectivity index (χ1n) is 3.80. The molecule has 0 bridgehead atoms. The zero-order valence-electron chi connectivity index (χ0n) is 6.16. The van der Waals surface area contributed by atoms with Gasteiger partial charge in [-0.1, -0.05) is 36.5 Å². The van der Waals surface area contributed by atoms with Gasteiger partial charge in [0.15, 0.2) is 0 Å². The van der Waals surface area contributed by atoms with Gasteiger partial charge in [0, 0.05) is 0 Å². The van der Waals surface area contributed by atoms with E-state index >= 15 is 0 Å². The molecule has 1 radical (unpaired) electrons. The summed E-state index contributed by atoms with van der Waals surface area (Å²) in [4.78, 5) is 0. The van der Waals surface area contributed by atoms with Gasteiger partial charge in [-0.05, 0) is 25.7 Å². The molecule has 0 saturated carbocycles. The van der Waals surface area contributed by atoms with E-state index in [2.05, 4.69) is 42.9 Å². The Hall–Kier alpha value is -0.780. The van der Waals surface area contributed by atoms with E-state index in [1.54, 1.807) is 0 Å². The Morgan fingerprint density at radius 3 is 2.30 bits per heavy atom. The third-order valence-electron chi connectivity index (χ3n) is 1.43. The number of allylic oxidation sites excluding steroid dienone is 6. The van der Waals surface area contributed by atoms with Crippen molar-refractivity contribution >= 4 is 0 Å². The zero-order valence-corrected chi connectivity index (χ0v) is 6.16. The molecule has 0 saturated heterocycles. The van der Waals surface area contributed by atoms with Crippen LogP contribution in [0.1, 0.15) is 19.3 Å². The summed E-state index contributed by atoms with van der Waals surface area (Å²) in [5.74, 6) is 0. The van der Waals surface area contributed by atoms with Crippen molar-refractivity contribution in [3.8, 4) is 0 Å². The summed E-state index contributed by atoms with van der Waals surface area (Å²) >= 11 is 0. The van der Waals surface area contributed by atoms with Crippen molar-refractivity contribution < 1.29 is 0 Å². The van der Waals surface area contributed by atoms with Crippen molar-refractivity contribution in [1.82, 2.24) is 0 Å². The molecule has 0 nitrogen and oxygen atoms in total. The first-order chi connectivity index (χ1) is 5.00. The second-order valence-corrected chi connectivity index (χ2v) is 2.33. The Kier molecular flexibility index (Phi) is 3.69. The molecule has 1 rings (SSSR count). The van der Waals surface area contributed by atoms with Crippen molar-refractivity contribution in [2.24, 2.45) is 0 Å². The van der Waals surface area contributed by atoms with Crippen molar-refractivity contribution in [2.45, 2.75) is 19.3 Å². The molecular weight excluding hydrogens is 120 g/mol. The molecule has 0 aromatic rings. The van der Waals surface area contributed by atoms with Crippen molar-refractivity contribution in [3.05, 3.63) is 42.9 Å². The lowest BCUT2D eigenvalue weighted by molar-refractivity contribution is 1.04. The van der Waals surface area contributed by atoms with E-state index < -0.39 is 0 Å². The Morgan fingerprint density at radius 1 is 0.700 bits per heavy atom. The summed E-state index contributed by atoms with van der Waals surface area (Å²) in [5, 5.41) is 0. The summed E-state index contributed by atoms with van der Waals surface area (Å²) in [6.45, 7) is 0. The molecule has 0 heteroatoms. The predicted octanol–water partition coefficient (Wildman–Crippen LogP) is 3.04. The van der Waals surface area contributed by atoms with Gasteiger partial charge >= 0.3 is 0 Å². The molecule has 0 amide bonds. The van der Waals surface area contributed by atoms with E-state index in [0.717, 1.165) is 12.8 Å². The fraction of sp³-hybridized carbons (Fsp3) is 0.300. The molecule has 0 aromatic carbocycles. The second kappa shape index (κ2) is 5.04. The smallest absolute Gasteiger partial charge is 0.0133 e. The van der Waals surface area contributed by atoms with Crippen molar-refractivity contribution in [3.63, 3.8) is 0 Å². The van der Waals surface area contributed by atoms with Gasteiger partial charge in [-0.3, -0.25) is 0 Å². The summed E-state index contributed by atoms with van der Waals surface area (Å²) in [7, 11) is 0. The van der Waals surface area contributed by atoms with Gasteiger partial charge < -0.3 is 0 Å². The van der Waals surface area contributed by atoms with Crippen molar-refractivity contribution in [2.75, 3.05) is 0 Å². The monoisotopic (exact) mass is 133 g/mol. The molecule has 1 aliphatic carbocycles. The minimum atomic E-state index is 1.06. The highest BCUT2D eigenvalue weighted by molar-refractivity contribution is 5.08. The molecule has 0 fully saturated rings. The maximum atomic E-state index is 2.21. The molecule has 0 spiro atoms. The van der Waals surface area contributed by atoms with Crippen LogP contribution in [0.5, 0.6) is 0 Å². The highest BCUT2D eigenvalue weighted by Gasteiger charge is 1.80. The van der Waals surface area contributed by atoms with E-state index in [-0.39, 0.29) is 0 Å². The third-order valence-corrected chi connectivity index (χ3v) is 1.43. The summed E-state index contributed by atoms with van der Waals surface area (Å²) in [6.07, 6.45) is 18.5. The molecule has 0 aromatic heterocycles. The lowest BCUT2D eigenvalue weighted by Crippen LogP contribution is -1.70. The highest BCUT2D eigenvalue weighted by atomic mass is 13.9. The van der Waals surface area contributed by atoms with Gasteiger partial charge in [0.25, 0.3) is 0 Å². The molecule has 53 valence electrons. The molecule has 0 heterocycles. The molecule has 0 N–H and O–H groups in total. The average Bonchev–Trinajstić information content (AvgIpc) is 2.01. The van der Waals surface area contributed by atoms with Crippen LogP contribution in [0.2, 0.25) is 0 Å². The lowest BCUT2D eigenvalue weighted by atomic mass is 10.2. The highest BCUT2D eigenvalue weighted by Crippen LogP contribution is 1.99. The van der Waals surface area contributed by atoms with Gasteiger partial charge in [0.1, 0.15) is 0 Å². The summed E-state index contributed by atoms with van der Waals surface area (Å²) < 4.78 is 0. The maximum Gasteiger partial charge on any atom is -0.0133 e. The van der Waals surface area contributed by atoms with Gasteiger partial charge in [-0.15, -0.1) is 0 Å². The van der Waals surface area contributed by atoms with E-state index in [1.807, 2.05) is 0 Å². The van der Waals surface area contributed by atoms with Gasteiger partial charge in [-0.25, -0.2) is 0 Å². The quantitative estimate of drug-likeness (QED) is 0.476. The van der Waals surface area contributed by atoms with E-state index in [0.29, 0.717) is 0 Å². The molecular formula is C10H13. The minimum absolute atomic E-state index is 1.06. The van der Waals surface area contributed by atoms with Gasteiger partial charge in [0.05, 0.1) is 0 Å². The van der Waals surface area contributed by atoms with Crippen LogP contribution in [0.25, 0.3) is 0 Å². The topological polar surface area (TPSA) is 0 Å². The van der Waals surface area contributed by atoms with Crippen LogP contribution < -0.4 is 0 Å². The largest absolute Gasteiger partial charge is 0.0879 e. The Labute approximate surface area is 62.9 Å².